The molecule has 27 heavy (non-hydrogen) atoms. The highest BCUT2D eigenvalue weighted by atomic mass is 35.5. The Kier molecular flexibility index (Phi) is 4.65. The third-order valence-corrected chi connectivity index (χ3v) is 5.86. The van der Waals surface area contributed by atoms with Crippen LogP contribution in [0.3, 0.4) is 0 Å². The van der Waals surface area contributed by atoms with Gasteiger partial charge in [0.15, 0.2) is 0 Å². The number of likely N-dealkylation sites (tertiary alicyclic amines) is 2. The summed E-state index contributed by atoms with van der Waals surface area (Å²) in [7, 11) is 0. The van der Waals surface area contributed by atoms with Gasteiger partial charge in [-0.05, 0) is 37.1 Å². The zero-order chi connectivity index (χ0) is 19.0. The lowest BCUT2D eigenvalue weighted by molar-refractivity contribution is 0.100. The van der Waals surface area contributed by atoms with Gasteiger partial charge in [0.25, 0.3) is 5.91 Å². The number of halogens is 1. The summed E-state index contributed by atoms with van der Waals surface area (Å²) in [6, 6.07) is 7.76. The van der Waals surface area contributed by atoms with E-state index in [4.69, 9.17) is 17.3 Å². The van der Waals surface area contributed by atoms with Crippen molar-refractivity contribution in [3.05, 3.63) is 52.8 Å². The first-order valence-corrected chi connectivity index (χ1v) is 9.43. The van der Waals surface area contributed by atoms with Gasteiger partial charge >= 0.3 is 6.03 Å². The van der Waals surface area contributed by atoms with Crippen molar-refractivity contribution in [2.75, 3.05) is 26.2 Å². The summed E-state index contributed by atoms with van der Waals surface area (Å²) in [5, 5.41) is 4.73. The maximum absolute atomic E-state index is 12.7. The summed E-state index contributed by atoms with van der Waals surface area (Å²) in [5.41, 5.74) is 6.86. The second kappa shape index (κ2) is 6.98. The molecule has 8 heteroatoms. The summed E-state index contributed by atoms with van der Waals surface area (Å²) in [4.78, 5) is 28.1. The summed E-state index contributed by atoms with van der Waals surface area (Å²) in [5.74, 6) is -0.583. The minimum absolute atomic E-state index is 0.141. The summed E-state index contributed by atoms with van der Waals surface area (Å²) < 4.78 is 1.21. The standard InChI is InChI=1S/C19H22ClN5O2/c20-16-3-1-14(2-4-16)10-23-7-5-19(12-23)6-8-24(13-19)18(27)25-11-15(9-22-25)17(21)26/h1-4,9,11H,5-8,10,12-13H2,(H2,21,26). The van der Waals surface area contributed by atoms with E-state index in [9.17, 15) is 9.59 Å². The fourth-order valence-corrected chi connectivity index (χ4v) is 4.27. The first-order chi connectivity index (χ1) is 12.9. The molecule has 4 rings (SSSR count). The zero-order valence-electron chi connectivity index (χ0n) is 15.0. The molecule has 2 aliphatic rings. The van der Waals surface area contributed by atoms with Crippen LogP contribution in [0.25, 0.3) is 0 Å². The smallest absolute Gasteiger partial charge is 0.344 e. The van der Waals surface area contributed by atoms with Gasteiger partial charge in [-0.15, -0.1) is 0 Å². The van der Waals surface area contributed by atoms with E-state index >= 15 is 0 Å². The minimum atomic E-state index is -0.583. The lowest BCUT2D eigenvalue weighted by atomic mass is 9.86. The Morgan fingerprint density at radius 1 is 1.15 bits per heavy atom. The molecule has 0 aliphatic carbocycles. The molecule has 7 nitrogen and oxygen atoms in total. The fourth-order valence-electron chi connectivity index (χ4n) is 4.14. The number of carbonyl (C=O) groups excluding carboxylic acids is 2. The Bertz CT molecular complexity index is 865. The van der Waals surface area contributed by atoms with Crippen molar-refractivity contribution < 1.29 is 9.59 Å². The van der Waals surface area contributed by atoms with Crippen LogP contribution in [-0.4, -0.2) is 57.7 Å². The quantitative estimate of drug-likeness (QED) is 0.874. The Morgan fingerprint density at radius 3 is 2.59 bits per heavy atom. The van der Waals surface area contributed by atoms with Crippen molar-refractivity contribution in [1.82, 2.24) is 19.6 Å². The third kappa shape index (κ3) is 3.70. The van der Waals surface area contributed by atoms with Gasteiger partial charge in [-0.25, -0.2) is 4.79 Å². The molecule has 1 unspecified atom stereocenters. The number of hydrogen-bond acceptors (Lipinski definition) is 4. The van der Waals surface area contributed by atoms with Crippen LogP contribution in [0.4, 0.5) is 4.79 Å². The van der Waals surface area contributed by atoms with Crippen molar-refractivity contribution in [3.63, 3.8) is 0 Å². The van der Waals surface area contributed by atoms with Crippen LogP contribution in [0.15, 0.2) is 36.7 Å². The zero-order valence-corrected chi connectivity index (χ0v) is 15.7. The van der Waals surface area contributed by atoms with Crippen LogP contribution < -0.4 is 5.73 Å². The van der Waals surface area contributed by atoms with E-state index in [1.54, 1.807) is 0 Å². The van der Waals surface area contributed by atoms with Crippen LogP contribution in [0.2, 0.25) is 5.02 Å². The van der Waals surface area contributed by atoms with E-state index in [-0.39, 0.29) is 17.0 Å². The van der Waals surface area contributed by atoms with Crippen molar-refractivity contribution in [2.24, 2.45) is 11.1 Å². The van der Waals surface area contributed by atoms with Crippen molar-refractivity contribution >= 4 is 23.5 Å². The number of nitrogens with zero attached hydrogens (tertiary/aromatic N) is 4. The van der Waals surface area contributed by atoms with E-state index in [1.165, 1.54) is 22.6 Å². The molecular formula is C19H22ClN5O2. The van der Waals surface area contributed by atoms with Gasteiger partial charge in [-0.1, -0.05) is 23.7 Å². The van der Waals surface area contributed by atoms with Crippen molar-refractivity contribution in [2.45, 2.75) is 19.4 Å². The number of carbonyl (C=O) groups is 2. The summed E-state index contributed by atoms with van der Waals surface area (Å²) in [6.45, 7) is 4.32. The highest BCUT2D eigenvalue weighted by Crippen LogP contribution is 2.40. The van der Waals surface area contributed by atoms with Crippen LogP contribution in [0.5, 0.6) is 0 Å². The number of aromatic nitrogens is 2. The van der Waals surface area contributed by atoms with Crippen LogP contribution in [-0.2, 0) is 6.54 Å². The SMILES string of the molecule is NC(=O)c1cnn(C(=O)N2CCC3(CCN(Cc4ccc(Cl)cc4)C3)C2)c1. The molecule has 2 saturated heterocycles. The predicted octanol–water partition coefficient (Wildman–Crippen LogP) is 2.20. The lowest BCUT2D eigenvalue weighted by Crippen LogP contribution is -2.36. The maximum Gasteiger partial charge on any atom is 0.344 e. The van der Waals surface area contributed by atoms with Gasteiger partial charge in [0.2, 0.25) is 0 Å². The normalized spacial score (nSPS) is 22.6. The third-order valence-electron chi connectivity index (χ3n) is 5.61. The largest absolute Gasteiger partial charge is 0.366 e. The molecule has 2 N–H and O–H groups in total. The Labute approximate surface area is 162 Å². The molecule has 142 valence electrons. The molecule has 1 spiro atoms. The first-order valence-electron chi connectivity index (χ1n) is 9.05. The van der Waals surface area contributed by atoms with Gasteiger partial charge in [-0.2, -0.15) is 9.78 Å². The fraction of sp³-hybridized carbons (Fsp3) is 0.421. The molecule has 2 aliphatic heterocycles. The van der Waals surface area contributed by atoms with Gasteiger partial charge in [0.05, 0.1) is 11.8 Å². The Hall–Kier alpha value is -2.38. The first kappa shape index (κ1) is 18.0. The lowest BCUT2D eigenvalue weighted by Gasteiger charge is -2.24. The molecule has 2 fully saturated rings. The van der Waals surface area contributed by atoms with E-state index in [2.05, 4.69) is 22.1 Å². The number of rotatable bonds is 3. The highest BCUT2D eigenvalue weighted by Gasteiger charge is 2.44. The molecule has 2 amide bonds. The number of hydrogen-bond donors (Lipinski definition) is 1. The second-order valence-electron chi connectivity index (χ2n) is 7.58. The number of benzene rings is 1. The minimum Gasteiger partial charge on any atom is -0.366 e. The predicted molar refractivity (Wildman–Crippen MR) is 102 cm³/mol. The molecule has 2 aromatic rings. The number of nitrogens with two attached hydrogens (primary N) is 1. The van der Waals surface area contributed by atoms with E-state index < -0.39 is 5.91 Å². The average molecular weight is 388 g/mol. The van der Waals surface area contributed by atoms with Gasteiger partial charge in [-0.3, -0.25) is 9.69 Å². The Balaban J connectivity index is 1.37. The molecule has 1 atom stereocenters. The maximum atomic E-state index is 12.7. The molecule has 0 radical (unpaired) electrons. The van der Waals surface area contributed by atoms with Crippen LogP contribution >= 0.6 is 11.6 Å². The molecule has 0 saturated carbocycles. The van der Waals surface area contributed by atoms with E-state index in [0.717, 1.165) is 37.5 Å². The van der Waals surface area contributed by atoms with Crippen LogP contribution in [0.1, 0.15) is 28.8 Å². The van der Waals surface area contributed by atoms with Crippen molar-refractivity contribution in [1.29, 1.82) is 0 Å². The molecule has 3 heterocycles. The number of primary amides is 1. The monoisotopic (exact) mass is 387 g/mol. The molecule has 1 aromatic heterocycles. The van der Waals surface area contributed by atoms with Gasteiger partial charge < -0.3 is 10.6 Å². The summed E-state index contributed by atoms with van der Waals surface area (Å²) in [6.07, 6.45) is 4.79. The van der Waals surface area contributed by atoms with Gasteiger partial charge in [0, 0.05) is 42.8 Å². The van der Waals surface area contributed by atoms with E-state index in [1.807, 2.05) is 17.0 Å². The molecular weight excluding hydrogens is 366 g/mol. The highest BCUT2D eigenvalue weighted by molar-refractivity contribution is 6.30. The topological polar surface area (TPSA) is 84.5 Å². The summed E-state index contributed by atoms with van der Waals surface area (Å²) >= 11 is 5.96. The van der Waals surface area contributed by atoms with E-state index in [0.29, 0.717) is 13.1 Å². The molecule has 0 bridgehead atoms. The number of amides is 2. The van der Waals surface area contributed by atoms with Crippen molar-refractivity contribution in [3.8, 4) is 0 Å². The van der Waals surface area contributed by atoms with Gasteiger partial charge in [0.1, 0.15) is 0 Å². The van der Waals surface area contributed by atoms with Crippen LogP contribution in [0, 0.1) is 5.41 Å². The Morgan fingerprint density at radius 2 is 1.89 bits per heavy atom. The molecule has 1 aromatic carbocycles. The second-order valence-corrected chi connectivity index (χ2v) is 8.02. The average Bonchev–Trinajstić information content (AvgIpc) is 3.38.